The summed E-state index contributed by atoms with van der Waals surface area (Å²) in [6.07, 6.45) is 4.40. The van der Waals surface area contributed by atoms with Crippen LogP contribution in [-0.4, -0.2) is 25.7 Å². The molecule has 0 amide bonds. The molecule has 0 atom stereocenters. The van der Waals surface area contributed by atoms with E-state index in [0.717, 1.165) is 30.0 Å². The lowest BCUT2D eigenvalue weighted by atomic mass is 10.1. The molecule has 4 rings (SSSR count). The van der Waals surface area contributed by atoms with E-state index in [2.05, 4.69) is 28.5 Å². The summed E-state index contributed by atoms with van der Waals surface area (Å²) < 4.78 is 11.1. The van der Waals surface area contributed by atoms with Crippen molar-refractivity contribution in [1.29, 1.82) is 0 Å². The van der Waals surface area contributed by atoms with Crippen LogP contribution in [0.25, 0.3) is 0 Å². The summed E-state index contributed by atoms with van der Waals surface area (Å²) in [5.74, 6) is 2.09. The summed E-state index contributed by atoms with van der Waals surface area (Å²) in [5.41, 5.74) is 11.1. The number of benzene rings is 2. The lowest BCUT2D eigenvalue weighted by molar-refractivity contribution is 0.171. The van der Waals surface area contributed by atoms with E-state index in [-0.39, 0.29) is 24.0 Å². The quantitative estimate of drug-likeness (QED) is 0.412. The number of anilines is 1. The van der Waals surface area contributed by atoms with Crippen LogP contribution in [0.1, 0.15) is 23.1 Å². The minimum absolute atomic E-state index is 0. The highest BCUT2D eigenvalue weighted by Gasteiger charge is 2.12. The number of aryl methyl sites for hydroxylation is 2. The zero-order valence-electron chi connectivity index (χ0n) is 14.7. The Morgan fingerprint density at radius 2 is 1.81 bits per heavy atom. The lowest BCUT2D eigenvalue weighted by Crippen LogP contribution is -2.23. The van der Waals surface area contributed by atoms with E-state index in [1.807, 2.05) is 18.2 Å². The smallest absolute Gasteiger partial charge is 0.193 e. The van der Waals surface area contributed by atoms with Gasteiger partial charge in [-0.15, -0.1) is 24.0 Å². The van der Waals surface area contributed by atoms with Crippen molar-refractivity contribution in [2.75, 3.05) is 25.1 Å². The molecule has 26 heavy (non-hydrogen) atoms. The van der Waals surface area contributed by atoms with Crippen molar-refractivity contribution in [3.63, 3.8) is 0 Å². The van der Waals surface area contributed by atoms with E-state index >= 15 is 0 Å². The molecule has 0 aromatic heterocycles. The van der Waals surface area contributed by atoms with Crippen LogP contribution in [0.4, 0.5) is 5.69 Å². The molecule has 2 aromatic rings. The zero-order chi connectivity index (χ0) is 17.1. The number of hydrogen-bond acceptors (Lipinski definition) is 3. The van der Waals surface area contributed by atoms with E-state index < -0.39 is 0 Å². The average molecular weight is 465 g/mol. The number of ether oxygens (including phenoxy) is 2. The summed E-state index contributed by atoms with van der Waals surface area (Å²) >= 11 is 0. The topological polar surface area (TPSA) is 68.9 Å². The Morgan fingerprint density at radius 1 is 1.00 bits per heavy atom. The van der Waals surface area contributed by atoms with Gasteiger partial charge in [0, 0.05) is 12.2 Å². The fourth-order valence-electron chi connectivity index (χ4n) is 3.39. The molecule has 0 fully saturated rings. The molecular formula is C20H24IN3O2. The van der Waals surface area contributed by atoms with E-state index in [4.69, 9.17) is 15.2 Å². The predicted octanol–water partition coefficient (Wildman–Crippen LogP) is 3.53. The van der Waals surface area contributed by atoms with E-state index in [1.165, 1.54) is 29.5 Å². The second kappa shape index (κ2) is 8.62. The Balaban J connectivity index is 0.00000196. The number of rotatable bonds is 4. The fourth-order valence-corrected chi connectivity index (χ4v) is 3.39. The Morgan fingerprint density at radius 3 is 2.69 bits per heavy atom. The number of aliphatic imine (C=N–C) groups is 1. The highest BCUT2D eigenvalue weighted by molar-refractivity contribution is 14.0. The van der Waals surface area contributed by atoms with Gasteiger partial charge in [0.2, 0.25) is 0 Å². The van der Waals surface area contributed by atoms with Crippen LogP contribution in [-0.2, 0) is 19.3 Å². The summed E-state index contributed by atoms with van der Waals surface area (Å²) in [6, 6.07) is 12.5. The predicted molar refractivity (Wildman–Crippen MR) is 115 cm³/mol. The number of halogens is 1. The molecule has 3 N–H and O–H groups in total. The van der Waals surface area contributed by atoms with Gasteiger partial charge in [-0.3, -0.25) is 4.99 Å². The van der Waals surface area contributed by atoms with Gasteiger partial charge in [0.1, 0.15) is 13.2 Å². The first-order chi connectivity index (χ1) is 12.3. The number of fused-ring (bicyclic) bond motifs is 2. The molecule has 1 aliphatic heterocycles. The van der Waals surface area contributed by atoms with E-state index in [1.54, 1.807) is 0 Å². The molecule has 0 unspecified atom stereocenters. The minimum Gasteiger partial charge on any atom is -0.486 e. The van der Waals surface area contributed by atoms with Crippen LogP contribution in [0.5, 0.6) is 11.5 Å². The number of nitrogens with two attached hydrogens (primary N) is 1. The van der Waals surface area contributed by atoms with Gasteiger partial charge in [0.15, 0.2) is 17.5 Å². The summed E-state index contributed by atoms with van der Waals surface area (Å²) in [4.78, 5) is 4.43. The van der Waals surface area contributed by atoms with Crippen LogP contribution in [0, 0.1) is 0 Å². The summed E-state index contributed by atoms with van der Waals surface area (Å²) in [5, 5.41) is 3.19. The molecule has 0 bridgehead atoms. The van der Waals surface area contributed by atoms with Crippen molar-refractivity contribution < 1.29 is 9.47 Å². The van der Waals surface area contributed by atoms with Crippen molar-refractivity contribution in [2.24, 2.45) is 10.7 Å². The van der Waals surface area contributed by atoms with Crippen molar-refractivity contribution in [3.8, 4) is 11.5 Å². The molecule has 138 valence electrons. The van der Waals surface area contributed by atoms with Crippen molar-refractivity contribution in [1.82, 2.24) is 0 Å². The third-order valence-corrected chi connectivity index (χ3v) is 4.66. The van der Waals surface area contributed by atoms with Crippen LogP contribution in [0.3, 0.4) is 0 Å². The van der Waals surface area contributed by atoms with Gasteiger partial charge in [-0.05, 0) is 66.6 Å². The molecule has 0 saturated carbocycles. The van der Waals surface area contributed by atoms with Gasteiger partial charge in [-0.25, -0.2) is 0 Å². The Hall–Kier alpha value is -1.96. The van der Waals surface area contributed by atoms with Crippen LogP contribution < -0.4 is 20.5 Å². The standard InChI is InChI=1S/C20H23N3O2.HI/c21-20(23-17-6-5-15-2-1-3-16(15)13-17)22-9-8-14-4-7-18-19(12-14)25-11-10-24-18;/h4-7,12-13H,1-3,8-11H2,(H3,21,22,23);1H. The molecular weight excluding hydrogens is 441 g/mol. The van der Waals surface area contributed by atoms with Crippen LogP contribution >= 0.6 is 24.0 Å². The van der Waals surface area contributed by atoms with Gasteiger partial charge < -0.3 is 20.5 Å². The van der Waals surface area contributed by atoms with Gasteiger partial charge in [0.05, 0.1) is 0 Å². The van der Waals surface area contributed by atoms with Crippen LogP contribution in [0.15, 0.2) is 41.4 Å². The first-order valence-corrected chi connectivity index (χ1v) is 8.85. The van der Waals surface area contributed by atoms with E-state index in [9.17, 15) is 0 Å². The summed E-state index contributed by atoms with van der Waals surface area (Å²) in [7, 11) is 0. The van der Waals surface area contributed by atoms with Gasteiger partial charge in [0.25, 0.3) is 0 Å². The third-order valence-electron chi connectivity index (χ3n) is 4.66. The first kappa shape index (κ1) is 18.8. The molecule has 0 radical (unpaired) electrons. The summed E-state index contributed by atoms with van der Waals surface area (Å²) in [6.45, 7) is 1.84. The first-order valence-electron chi connectivity index (χ1n) is 8.85. The number of nitrogens with one attached hydrogen (secondary N) is 1. The Labute approximate surface area is 171 Å². The molecule has 2 aromatic carbocycles. The monoisotopic (exact) mass is 465 g/mol. The number of guanidine groups is 1. The molecule has 0 spiro atoms. The molecule has 2 aliphatic rings. The number of hydrogen-bond donors (Lipinski definition) is 2. The van der Waals surface area contributed by atoms with Gasteiger partial charge in [-0.2, -0.15) is 0 Å². The van der Waals surface area contributed by atoms with Crippen LogP contribution in [0.2, 0.25) is 0 Å². The normalized spacial score (nSPS) is 15.2. The average Bonchev–Trinajstić information content (AvgIpc) is 3.09. The molecule has 1 aliphatic carbocycles. The maximum Gasteiger partial charge on any atom is 0.193 e. The SMILES string of the molecule is I.NC(=NCCc1ccc2c(c1)OCCO2)Nc1ccc2c(c1)CCC2. The van der Waals surface area contributed by atoms with E-state index in [0.29, 0.717) is 25.7 Å². The molecule has 0 saturated heterocycles. The fraction of sp³-hybridized carbons (Fsp3) is 0.350. The maximum absolute atomic E-state index is 6.02. The highest BCUT2D eigenvalue weighted by atomic mass is 127. The minimum atomic E-state index is 0. The molecule has 1 heterocycles. The molecule has 6 heteroatoms. The second-order valence-corrected chi connectivity index (χ2v) is 6.46. The van der Waals surface area contributed by atoms with Gasteiger partial charge in [-0.1, -0.05) is 12.1 Å². The van der Waals surface area contributed by atoms with Crippen molar-refractivity contribution in [3.05, 3.63) is 53.1 Å². The Kier molecular flexibility index (Phi) is 6.24. The number of nitrogens with zero attached hydrogens (tertiary/aromatic N) is 1. The Bertz CT molecular complexity index is 808. The second-order valence-electron chi connectivity index (χ2n) is 6.46. The van der Waals surface area contributed by atoms with Crippen molar-refractivity contribution >= 4 is 35.6 Å². The third kappa shape index (κ3) is 4.41. The largest absolute Gasteiger partial charge is 0.486 e. The van der Waals surface area contributed by atoms with Crippen molar-refractivity contribution in [2.45, 2.75) is 25.7 Å². The zero-order valence-corrected chi connectivity index (χ0v) is 17.0. The van der Waals surface area contributed by atoms with Gasteiger partial charge >= 0.3 is 0 Å². The molecule has 5 nitrogen and oxygen atoms in total. The highest BCUT2D eigenvalue weighted by Crippen LogP contribution is 2.30. The maximum atomic E-state index is 6.02. The lowest BCUT2D eigenvalue weighted by Gasteiger charge is -2.18.